The van der Waals surface area contributed by atoms with E-state index < -0.39 is 0 Å². The molecule has 0 spiro atoms. The maximum Gasteiger partial charge on any atom is 0.133 e. The van der Waals surface area contributed by atoms with Crippen molar-refractivity contribution in [1.82, 2.24) is 9.97 Å². The highest BCUT2D eigenvalue weighted by Crippen LogP contribution is 2.23. The molecule has 0 aliphatic carbocycles. The van der Waals surface area contributed by atoms with Crippen LogP contribution in [-0.4, -0.2) is 9.97 Å². The summed E-state index contributed by atoms with van der Waals surface area (Å²) in [4.78, 5) is 8.86. The van der Waals surface area contributed by atoms with Crippen LogP contribution in [0.1, 0.15) is 36.7 Å². The quantitative estimate of drug-likeness (QED) is 0.876. The molecule has 0 saturated carbocycles. The molecule has 2 rings (SSSR count). The van der Waals surface area contributed by atoms with E-state index in [4.69, 9.17) is 5.73 Å². The maximum atomic E-state index is 5.86. The predicted molar refractivity (Wildman–Crippen MR) is 75.4 cm³/mol. The van der Waals surface area contributed by atoms with E-state index in [1.54, 1.807) is 0 Å². The highest BCUT2D eigenvalue weighted by molar-refractivity contribution is 5.63. The van der Waals surface area contributed by atoms with Gasteiger partial charge in [0.15, 0.2) is 0 Å². The Bertz CT molecular complexity index is 554. The molecule has 0 bridgehead atoms. The molecule has 0 radical (unpaired) electrons. The number of rotatable bonds is 2. The normalized spacial score (nSPS) is 10.9. The third-order valence-electron chi connectivity index (χ3n) is 2.80. The molecule has 1 aromatic heterocycles. The van der Waals surface area contributed by atoms with Crippen LogP contribution in [0.15, 0.2) is 24.3 Å². The van der Waals surface area contributed by atoms with Gasteiger partial charge in [0.05, 0.1) is 5.69 Å². The highest BCUT2D eigenvalue weighted by atomic mass is 14.9. The largest absolute Gasteiger partial charge is 0.384 e. The molecule has 0 fully saturated rings. The molecular formula is C15H19N3. The van der Waals surface area contributed by atoms with Crippen LogP contribution in [0.25, 0.3) is 11.3 Å². The molecule has 2 aromatic rings. The Labute approximate surface area is 108 Å². The van der Waals surface area contributed by atoms with Crippen molar-refractivity contribution in [2.24, 2.45) is 0 Å². The predicted octanol–water partition coefficient (Wildman–Crippen LogP) is 3.47. The van der Waals surface area contributed by atoms with E-state index in [1.165, 1.54) is 11.1 Å². The molecule has 94 valence electrons. The van der Waals surface area contributed by atoms with Crippen LogP contribution in [0.2, 0.25) is 0 Å². The Morgan fingerprint density at radius 3 is 2.11 bits per heavy atom. The molecule has 1 aromatic carbocycles. The number of aryl methyl sites for hydroxylation is 2. The Morgan fingerprint density at radius 2 is 1.56 bits per heavy atom. The summed E-state index contributed by atoms with van der Waals surface area (Å²) in [6.07, 6.45) is 0. The lowest BCUT2D eigenvalue weighted by Crippen LogP contribution is -2.03. The van der Waals surface area contributed by atoms with Crippen LogP contribution in [0.3, 0.4) is 0 Å². The van der Waals surface area contributed by atoms with E-state index >= 15 is 0 Å². The minimum Gasteiger partial charge on any atom is -0.384 e. The lowest BCUT2D eigenvalue weighted by Gasteiger charge is -2.09. The zero-order chi connectivity index (χ0) is 13.3. The van der Waals surface area contributed by atoms with Crippen molar-refractivity contribution >= 4 is 5.82 Å². The zero-order valence-electron chi connectivity index (χ0n) is 11.4. The number of hydrogen-bond donors (Lipinski definition) is 1. The van der Waals surface area contributed by atoms with E-state index in [-0.39, 0.29) is 5.92 Å². The summed E-state index contributed by atoms with van der Waals surface area (Å²) in [5.41, 5.74) is 10.3. The van der Waals surface area contributed by atoms with Crippen LogP contribution < -0.4 is 5.73 Å². The smallest absolute Gasteiger partial charge is 0.133 e. The number of hydrogen-bond acceptors (Lipinski definition) is 3. The molecule has 1 heterocycles. The van der Waals surface area contributed by atoms with Crippen molar-refractivity contribution in [3.8, 4) is 11.3 Å². The first-order valence-electron chi connectivity index (χ1n) is 6.19. The van der Waals surface area contributed by atoms with Crippen molar-refractivity contribution in [3.05, 3.63) is 41.2 Å². The second-order valence-electron chi connectivity index (χ2n) is 5.07. The van der Waals surface area contributed by atoms with Gasteiger partial charge in [-0.25, -0.2) is 9.97 Å². The van der Waals surface area contributed by atoms with Gasteiger partial charge in [-0.3, -0.25) is 0 Å². The van der Waals surface area contributed by atoms with Gasteiger partial charge in [-0.15, -0.1) is 0 Å². The second-order valence-corrected chi connectivity index (χ2v) is 5.07. The minimum atomic E-state index is 0.276. The summed E-state index contributed by atoms with van der Waals surface area (Å²) in [5, 5.41) is 0. The number of nitrogen functional groups attached to an aromatic ring is 1. The Hall–Kier alpha value is -1.90. The molecule has 0 aliphatic rings. The molecule has 18 heavy (non-hydrogen) atoms. The number of nitrogens with zero attached hydrogens (tertiary/aromatic N) is 2. The standard InChI is InChI=1S/C15H19N3/c1-9(2)15-17-13(8-14(16)18-15)12-6-10(3)5-11(4)7-12/h5-9H,1-4H3,(H2,16,17,18). The first kappa shape index (κ1) is 12.6. The molecular weight excluding hydrogens is 222 g/mol. The van der Waals surface area contributed by atoms with Gasteiger partial charge < -0.3 is 5.73 Å². The number of benzene rings is 1. The lowest BCUT2D eigenvalue weighted by molar-refractivity contribution is 0.778. The van der Waals surface area contributed by atoms with E-state index in [0.717, 1.165) is 17.1 Å². The van der Waals surface area contributed by atoms with E-state index in [0.29, 0.717) is 5.82 Å². The first-order chi connectivity index (χ1) is 8.45. The van der Waals surface area contributed by atoms with Crippen molar-refractivity contribution in [2.75, 3.05) is 5.73 Å². The molecule has 2 N–H and O–H groups in total. The van der Waals surface area contributed by atoms with Crippen LogP contribution >= 0.6 is 0 Å². The summed E-state index contributed by atoms with van der Waals surface area (Å²) in [5.74, 6) is 1.60. The van der Waals surface area contributed by atoms with Gasteiger partial charge >= 0.3 is 0 Å². The zero-order valence-corrected chi connectivity index (χ0v) is 11.4. The van der Waals surface area contributed by atoms with Gasteiger partial charge in [-0.05, 0) is 26.0 Å². The van der Waals surface area contributed by atoms with Crippen LogP contribution in [0, 0.1) is 13.8 Å². The molecule has 0 saturated heterocycles. The van der Waals surface area contributed by atoms with Crippen molar-refractivity contribution < 1.29 is 0 Å². The molecule has 0 amide bonds. The average molecular weight is 241 g/mol. The van der Waals surface area contributed by atoms with Crippen molar-refractivity contribution in [1.29, 1.82) is 0 Å². The van der Waals surface area contributed by atoms with Crippen LogP contribution in [-0.2, 0) is 0 Å². The molecule has 0 unspecified atom stereocenters. The third-order valence-corrected chi connectivity index (χ3v) is 2.80. The second kappa shape index (κ2) is 4.77. The fourth-order valence-electron chi connectivity index (χ4n) is 2.01. The monoisotopic (exact) mass is 241 g/mol. The first-order valence-corrected chi connectivity index (χ1v) is 6.19. The average Bonchev–Trinajstić information content (AvgIpc) is 2.26. The molecule has 0 aliphatic heterocycles. The van der Waals surface area contributed by atoms with Gasteiger partial charge in [-0.2, -0.15) is 0 Å². The lowest BCUT2D eigenvalue weighted by atomic mass is 10.0. The molecule has 3 nitrogen and oxygen atoms in total. The highest BCUT2D eigenvalue weighted by Gasteiger charge is 2.08. The fraction of sp³-hybridized carbons (Fsp3) is 0.333. The van der Waals surface area contributed by atoms with Gasteiger partial charge in [0.1, 0.15) is 11.6 Å². The van der Waals surface area contributed by atoms with E-state index in [2.05, 4.69) is 55.9 Å². The Balaban J connectivity index is 2.56. The summed E-state index contributed by atoms with van der Waals surface area (Å²) < 4.78 is 0. The van der Waals surface area contributed by atoms with Crippen molar-refractivity contribution in [3.63, 3.8) is 0 Å². The minimum absolute atomic E-state index is 0.276. The summed E-state index contributed by atoms with van der Waals surface area (Å²) >= 11 is 0. The number of aromatic nitrogens is 2. The molecule has 3 heteroatoms. The molecule has 0 atom stereocenters. The van der Waals surface area contributed by atoms with Crippen molar-refractivity contribution in [2.45, 2.75) is 33.6 Å². The summed E-state index contributed by atoms with van der Waals surface area (Å²) in [6, 6.07) is 8.23. The van der Waals surface area contributed by atoms with E-state index in [1.807, 2.05) is 6.07 Å². The SMILES string of the molecule is Cc1cc(C)cc(-c2cc(N)nc(C(C)C)n2)c1. The number of nitrogens with two attached hydrogens (primary N) is 1. The van der Waals surface area contributed by atoms with Crippen LogP contribution in [0.4, 0.5) is 5.82 Å². The summed E-state index contributed by atoms with van der Waals surface area (Å²) in [6.45, 7) is 8.31. The van der Waals surface area contributed by atoms with Gasteiger partial charge in [0, 0.05) is 17.5 Å². The fourth-order valence-corrected chi connectivity index (χ4v) is 2.01. The van der Waals surface area contributed by atoms with E-state index in [9.17, 15) is 0 Å². The Morgan fingerprint density at radius 1 is 0.944 bits per heavy atom. The number of anilines is 1. The Kier molecular flexibility index (Phi) is 3.32. The van der Waals surface area contributed by atoms with Gasteiger partial charge in [0.25, 0.3) is 0 Å². The maximum absolute atomic E-state index is 5.86. The topological polar surface area (TPSA) is 51.8 Å². The van der Waals surface area contributed by atoms with Gasteiger partial charge in [0.2, 0.25) is 0 Å². The van der Waals surface area contributed by atoms with Crippen LogP contribution in [0.5, 0.6) is 0 Å². The summed E-state index contributed by atoms with van der Waals surface area (Å²) in [7, 11) is 0. The third kappa shape index (κ3) is 2.67. The van der Waals surface area contributed by atoms with Gasteiger partial charge in [-0.1, -0.05) is 31.0 Å².